The number of nitrogens with one attached hydrogen (secondary N) is 1. The second-order valence-corrected chi connectivity index (χ2v) is 11.1. The molecule has 188 valence electrons. The van der Waals surface area contributed by atoms with Crippen LogP contribution in [0.4, 0.5) is 5.69 Å². The Morgan fingerprint density at radius 1 is 1.20 bits per heavy atom. The van der Waals surface area contributed by atoms with Crippen molar-refractivity contribution in [3.05, 3.63) is 40.2 Å². The zero-order valence-electron chi connectivity index (χ0n) is 19.1. The average Bonchev–Trinajstić information content (AvgIpc) is 2.71. The first-order chi connectivity index (χ1) is 16.1. The number of nitrogens with two attached hydrogens (primary N) is 1. The van der Waals surface area contributed by atoms with E-state index in [2.05, 4.69) is 4.72 Å². The fourth-order valence-corrected chi connectivity index (χ4v) is 6.13. The molecule has 0 radical (unpaired) electrons. The van der Waals surface area contributed by atoms with Crippen molar-refractivity contribution in [3.63, 3.8) is 0 Å². The van der Waals surface area contributed by atoms with Crippen molar-refractivity contribution in [2.24, 2.45) is 17.6 Å². The monoisotopic (exact) mass is 507 g/mol. The number of anilines is 1. The molecular weight excluding hydrogens is 482 g/mol. The molecule has 1 saturated carbocycles. The van der Waals surface area contributed by atoms with Gasteiger partial charge in [0.1, 0.15) is 22.8 Å². The summed E-state index contributed by atoms with van der Waals surface area (Å²) in [5.74, 6) is -7.65. The van der Waals surface area contributed by atoms with E-state index in [1.165, 1.54) is 25.1 Å². The quantitative estimate of drug-likeness (QED) is 0.224. The summed E-state index contributed by atoms with van der Waals surface area (Å²) in [6.45, 7) is 0. The van der Waals surface area contributed by atoms with Crippen LogP contribution in [0.3, 0.4) is 0 Å². The van der Waals surface area contributed by atoms with Crippen molar-refractivity contribution in [1.82, 2.24) is 4.90 Å². The van der Waals surface area contributed by atoms with Crippen LogP contribution in [0.2, 0.25) is 0 Å². The molecule has 0 saturated heterocycles. The lowest BCUT2D eigenvalue weighted by molar-refractivity contribution is -0.153. The maximum absolute atomic E-state index is 13.7. The van der Waals surface area contributed by atoms with Gasteiger partial charge in [0.05, 0.1) is 23.5 Å². The van der Waals surface area contributed by atoms with Gasteiger partial charge in [0.15, 0.2) is 11.4 Å². The number of sulfonamides is 1. The van der Waals surface area contributed by atoms with E-state index in [-0.39, 0.29) is 35.2 Å². The van der Waals surface area contributed by atoms with Crippen LogP contribution in [0.1, 0.15) is 17.5 Å². The fraction of sp³-hybridized carbons (Fsp3) is 0.409. The lowest BCUT2D eigenvalue weighted by Crippen LogP contribution is -2.65. The number of fused-ring (bicyclic) bond motifs is 3. The van der Waals surface area contributed by atoms with Crippen LogP contribution in [0.15, 0.2) is 29.0 Å². The number of aliphatic hydroxyl groups excluding tert-OH is 2. The second-order valence-electron chi connectivity index (χ2n) is 9.32. The molecule has 0 unspecified atom stereocenters. The highest BCUT2D eigenvalue weighted by molar-refractivity contribution is 7.92. The molecular formula is C22H25N3O9S. The number of primary amides is 1. The van der Waals surface area contributed by atoms with Crippen molar-refractivity contribution < 1.29 is 43.2 Å². The van der Waals surface area contributed by atoms with Crippen LogP contribution in [-0.2, 0) is 30.8 Å². The number of carbonyl (C=O) groups excluding carboxylic acids is 3. The van der Waals surface area contributed by atoms with Crippen molar-refractivity contribution in [3.8, 4) is 5.75 Å². The number of aromatic hydroxyl groups is 1. The number of benzene rings is 1. The number of rotatable bonds is 4. The summed E-state index contributed by atoms with van der Waals surface area (Å²) < 4.78 is 26.0. The number of phenolic OH excluding ortho intramolecular Hbond substituents is 1. The van der Waals surface area contributed by atoms with E-state index in [1.54, 1.807) is 0 Å². The van der Waals surface area contributed by atoms with E-state index in [1.807, 2.05) is 0 Å². The minimum atomic E-state index is -3.73. The molecule has 1 aromatic rings. The van der Waals surface area contributed by atoms with E-state index in [0.29, 0.717) is 0 Å². The van der Waals surface area contributed by atoms with E-state index < -0.39 is 73.8 Å². The molecule has 0 aliphatic heterocycles. The molecule has 0 spiro atoms. The molecule has 13 heteroatoms. The van der Waals surface area contributed by atoms with E-state index in [0.717, 1.165) is 12.3 Å². The molecule has 1 fully saturated rings. The molecule has 0 aromatic heterocycles. The highest BCUT2D eigenvalue weighted by Gasteiger charge is 2.64. The Bertz CT molecular complexity index is 1360. The van der Waals surface area contributed by atoms with Crippen molar-refractivity contribution >= 4 is 38.9 Å². The Labute approximate surface area is 200 Å². The van der Waals surface area contributed by atoms with Gasteiger partial charge >= 0.3 is 0 Å². The third-order valence-electron chi connectivity index (χ3n) is 6.90. The minimum absolute atomic E-state index is 0.0270. The SMILES string of the molecule is CN(C)[C@H]1C(=O)C(C(N)=O)=C(O)[C@]2(O)C(=O)C3=C(O)c4c(O)ccc(NS(C)(=O)=O)c4C[C@@H]3C[C@H]12. The first-order valence-electron chi connectivity index (χ1n) is 10.6. The number of nitrogens with zero attached hydrogens (tertiary/aromatic N) is 1. The van der Waals surface area contributed by atoms with Gasteiger partial charge in [-0.1, -0.05) is 0 Å². The predicted octanol–water partition coefficient (Wildman–Crippen LogP) is -0.664. The molecule has 4 atom stereocenters. The van der Waals surface area contributed by atoms with Gasteiger partial charge in [0, 0.05) is 11.5 Å². The largest absolute Gasteiger partial charge is 0.508 e. The number of carbonyl (C=O) groups is 3. The Balaban J connectivity index is 1.97. The summed E-state index contributed by atoms with van der Waals surface area (Å²) in [7, 11) is -0.730. The molecule has 0 bridgehead atoms. The van der Waals surface area contributed by atoms with Crippen LogP contribution in [0, 0.1) is 11.8 Å². The smallest absolute Gasteiger partial charge is 0.255 e. The summed E-state index contributed by atoms with van der Waals surface area (Å²) in [5.41, 5.74) is 1.44. The zero-order valence-corrected chi connectivity index (χ0v) is 19.9. The van der Waals surface area contributed by atoms with Gasteiger partial charge in [-0.15, -0.1) is 0 Å². The van der Waals surface area contributed by atoms with Crippen LogP contribution in [-0.4, -0.2) is 83.2 Å². The van der Waals surface area contributed by atoms with Gasteiger partial charge in [-0.2, -0.15) is 0 Å². The maximum atomic E-state index is 13.7. The molecule has 1 amide bonds. The number of Topliss-reactive ketones (excluding diaryl/α,β-unsaturated/α-hetero) is 2. The van der Waals surface area contributed by atoms with Crippen molar-refractivity contribution in [2.45, 2.75) is 24.5 Å². The molecule has 12 nitrogen and oxygen atoms in total. The first-order valence-corrected chi connectivity index (χ1v) is 12.5. The molecule has 7 N–H and O–H groups in total. The lowest BCUT2D eigenvalue weighted by Gasteiger charge is -2.50. The van der Waals surface area contributed by atoms with Gasteiger partial charge < -0.3 is 26.2 Å². The normalized spacial score (nSPS) is 28.5. The number of aliphatic hydroxyl groups is 3. The van der Waals surface area contributed by atoms with Crippen LogP contribution >= 0.6 is 0 Å². The predicted molar refractivity (Wildman–Crippen MR) is 123 cm³/mol. The third kappa shape index (κ3) is 3.49. The number of amides is 1. The summed E-state index contributed by atoms with van der Waals surface area (Å²) in [6, 6.07) is 1.25. The number of hydrogen-bond donors (Lipinski definition) is 6. The highest BCUT2D eigenvalue weighted by atomic mass is 32.2. The summed E-state index contributed by atoms with van der Waals surface area (Å²) in [4.78, 5) is 40.1. The molecule has 3 aliphatic carbocycles. The first kappa shape index (κ1) is 24.7. The highest BCUT2D eigenvalue weighted by Crippen LogP contribution is 2.53. The summed E-state index contributed by atoms with van der Waals surface area (Å²) in [5, 5.41) is 43.8. The number of ketones is 2. The van der Waals surface area contributed by atoms with E-state index in [9.17, 15) is 43.2 Å². The van der Waals surface area contributed by atoms with E-state index >= 15 is 0 Å². The summed E-state index contributed by atoms with van der Waals surface area (Å²) >= 11 is 0. The second kappa shape index (κ2) is 7.80. The Morgan fingerprint density at radius 3 is 2.37 bits per heavy atom. The van der Waals surface area contributed by atoms with Gasteiger partial charge in [0.25, 0.3) is 5.91 Å². The van der Waals surface area contributed by atoms with Crippen LogP contribution in [0.5, 0.6) is 5.75 Å². The van der Waals surface area contributed by atoms with Gasteiger partial charge in [-0.25, -0.2) is 8.42 Å². The van der Waals surface area contributed by atoms with E-state index in [4.69, 9.17) is 5.73 Å². The molecule has 1 aromatic carbocycles. The van der Waals surface area contributed by atoms with Gasteiger partial charge in [-0.05, 0) is 50.6 Å². The molecule has 0 heterocycles. The van der Waals surface area contributed by atoms with Crippen LogP contribution in [0.25, 0.3) is 5.76 Å². The molecule has 4 rings (SSSR count). The Morgan fingerprint density at radius 2 is 1.83 bits per heavy atom. The number of phenols is 1. The van der Waals surface area contributed by atoms with Gasteiger partial charge in [0.2, 0.25) is 15.8 Å². The lowest BCUT2D eigenvalue weighted by atomic mass is 9.57. The Hall–Kier alpha value is -3.42. The Kier molecular flexibility index (Phi) is 5.50. The fourth-order valence-electron chi connectivity index (χ4n) is 5.54. The van der Waals surface area contributed by atoms with Crippen molar-refractivity contribution in [2.75, 3.05) is 25.1 Å². The summed E-state index contributed by atoms with van der Waals surface area (Å²) in [6.07, 6.45) is 0.807. The van der Waals surface area contributed by atoms with Crippen molar-refractivity contribution in [1.29, 1.82) is 0 Å². The number of hydrogen-bond acceptors (Lipinski definition) is 10. The average molecular weight is 508 g/mol. The third-order valence-corrected chi connectivity index (χ3v) is 7.49. The van der Waals surface area contributed by atoms with Crippen LogP contribution < -0.4 is 10.5 Å². The number of likely N-dealkylation sites (N-methyl/N-ethyl adjacent to an activating group) is 1. The maximum Gasteiger partial charge on any atom is 0.255 e. The molecule has 3 aliphatic rings. The standard InChI is InChI=1S/C22H25N3O9S/c1-25(2)16-10-7-8-6-9-11(24-35(3,33)34)4-5-12(26)14(9)17(27)13(8)19(29)22(10,32)20(30)15(18(16)28)21(23)31/h4-5,8,10,16,24,26-27,30,32H,6-7H2,1-3H3,(H2,23,31)/t8-,10-,16-,22-/m1/s1. The molecule has 35 heavy (non-hydrogen) atoms. The zero-order chi connectivity index (χ0) is 26.2. The van der Waals surface area contributed by atoms with Gasteiger partial charge in [-0.3, -0.25) is 24.0 Å². The minimum Gasteiger partial charge on any atom is -0.508 e. The topological polar surface area (TPSA) is 208 Å².